The monoisotopic (exact) mass is 353 g/mol. The highest BCUT2D eigenvalue weighted by molar-refractivity contribution is 9.10. The second-order valence-corrected chi connectivity index (χ2v) is 6.57. The number of nitrogens with zero attached hydrogens (tertiary/aromatic N) is 2. The Labute approximate surface area is 133 Å². The van der Waals surface area contributed by atoms with Gasteiger partial charge >= 0.3 is 6.03 Å². The average molecular weight is 354 g/mol. The molecule has 0 unspecified atom stereocenters. The predicted octanol–water partition coefficient (Wildman–Crippen LogP) is 2.95. The second kappa shape index (κ2) is 6.64. The molecule has 0 atom stereocenters. The maximum absolute atomic E-state index is 12.1. The minimum atomic E-state index is 0.0355. The molecule has 1 aliphatic heterocycles. The van der Waals surface area contributed by atoms with Gasteiger partial charge in [-0.25, -0.2) is 9.78 Å². The minimum Gasteiger partial charge on any atom is -0.470 e. The fourth-order valence-electron chi connectivity index (χ4n) is 2.81. The number of urea groups is 1. The SMILES string of the molecule is O=C(NC1CCCCC1)N1CC(Oc2ncccc2Br)C1. The highest BCUT2D eigenvalue weighted by atomic mass is 79.9. The van der Waals surface area contributed by atoms with Crippen molar-refractivity contribution in [3.63, 3.8) is 0 Å². The number of carbonyl (C=O) groups excluding carboxylic acids is 1. The summed E-state index contributed by atoms with van der Waals surface area (Å²) in [5.74, 6) is 0.592. The third-order valence-electron chi connectivity index (χ3n) is 4.07. The van der Waals surface area contributed by atoms with E-state index >= 15 is 0 Å². The lowest BCUT2D eigenvalue weighted by Gasteiger charge is -2.39. The van der Waals surface area contributed by atoms with Gasteiger partial charge in [0.1, 0.15) is 6.10 Å². The van der Waals surface area contributed by atoms with E-state index in [0.717, 1.165) is 17.3 Å². The molecule has 1 N–H and O–H groups in total. The molecule has 2 fully saturated rings. The summed E-state index contributed by atoms with van der Waals surface area (Å²) < 4.78 is 6.61. The van der Waals surface area contributed by atoms with Crippen LogP contribution in [0.25, 0.3) is 0 Å². The van der Waals surface area contributed by atoms with Crippen LogP contribution >= 0.6 is 15.9 Å². The Kier molecular flexibility index (Phi) is 4.63. The van der Waals surface area contributed by atoms with E-state index in [1.165, 1.54) is 19.3 Å². The van der Waals surface area contributed by atoms with Gasteiger partial charge in [-0.15, -0.1) is 0 Å². The lowest BCUT2D eigenvalue weighted by Crippen LogP contribution is -2.60. The zero-order valence-electron chi connectivity index (χ0n) is 11.9. The number of pyridine rings is 1. The van der Waals surface area contributed by atoms with Gasteiger partial charge in [0.25, 0.3) is 0 Å². The van der Waals surface area contributed by atoms with Gasteiger partial charge in [0.15, 0.2) is 0 Å². The van der Waals surface area contributed by atoms with Crippen molar-refractivity contribution in [2.24, 2.45) is 0 Å². The number of hydrogen-bond donors (Lipinski definition) is 1. The van der Waals surface area contributed by atoms with Crippen LogP contribution in [-0.2, 0) is 0 Å². The van der Waals surface area contributed by atoms with Crippen molar-refractivity contribution < 1.29 is 9.53 Å². The summed E-state index contributed by atoms with van der Waals surface area (Å²) in [4.78, 5) is 18.1. The maximum Gasteiger partial charge on any atom is 0.317 e. The highest BCUT2D eigenvalue weighted by Gasteiger charge is 2.33. The molecule has 21 heavy (non-hydrogen) atoms. The number of hydrogen-bond acceptors (Lipinski definition) is 3. The summed E-state index contributed by atoms with van der Waals surface area (Å²) >= 11 is 3.41. The largest absolute Gasteiger partial charge is 0.470 e. The Morgan fingerprint density at radius 2 is 2.10 bits per heavy atom. The van der Waals surface area contributed by atoms with Crippen LogP contribution in [0.3, 0.4) is 0 Å². The van der Waals surface area contributed by atoms with Crippen LogP contribution in [0.15, 0.2) is 22.8 Å². The van der Waals surface area contributed by atoms with E-state index in [-0.39, 0.29) is 12.1 Å². The van der Waals surface area contributed by atoms with E-state index in [0.29, 0.717) is 25.0 Å². The van der Waals surface area contributed by atoms with E-state index in [1.807, 2.05) is 12.1 Å². The molecular weight excluding hydrogens is 334 g/mol. The molecule has 2 heterocycles. The Morgan fingerprint density at radius 3 is 2.81 bits per heavy atom. The molecule has 3 rings (SSSR count). The van der Waals surface area contributed by atoms with E-state index in [2.05, 4.69) is 26.2 Å². The van der Waals surface area contributed by atoms with Crippen LogP contribution in [0.1, 0.15) is 32.1 Å². The fraction of sp³-hybridized carbons (Fsp3) is 0.600. The quantitative estimate of drug-likeness (QED) is 0.908. The average Bonchev–Trinajstić information content (AvgIpc) is 2.45. The van der Waals surface area contributed by atoms with E-state index in [1.54, 1.807) is 11.1 Å². The molecule has 2 amide bonds. The fourth-order valence-corrected chi connectivity index (χ4v) is 3.16. The van der Waals surface area contributed by atoms with Crippen LogP contribution in [-0.4, -0.2) is 41.2 Å². The lowest BCUT2D eigenvalue weighted by molar-refractivity contribution is 0.0394. The van der Waals surface area contributed by atoms with Crippen molar-refractivity contribution in [3.8, 4) is 5.88 Å². The molecule has 0 radical (unpaired) electrons. The van der Waals surface area contributed by atoms with Gasteiger partial charge in [-0.3, -0.25) is 0 Å². The minimum absolute atomic E-state index is 0.0355. The van der Waals surface area contributed by atoms with Crippen LogP contribution in [0.4, 0.5) is 4.79 Å². The number of halogens is 1. The number of ether oxygens (including phenoxy) is 1. The summed E-state index contributed by atoms with van der Waals surface area (Å²) in [5, 5.41) is 3.12. The normalized spacial score (nSPS) is 20.0. The molecule has 1 saturated heterocycles. The number of carbonyl (C=O) groups is 1. The summed E-state index contributed by atoms with van der Waals surface area (Å²) in [6.45, 7) is 1.25. The zero-order valence-corrected chi connectivity index (χ0v) is 13.5. The van der Waals surface area contributed by atoms with Gasteiger partial charge in [0.2, 0.25) is 5.88 Å². The summed E-state index contributed by atoms with van der Waals surface area (Å²) in [5.41, 5.74) is 0. The lowest BCUT2D eigenvalue weighted by atomic mass is 9.95. The number of likely N-dealkylation sites (tertiary alicyclic amines) is 1. The first-order valence-electron chi connectivity index (χ1n) is 7.55. The summed E-state index contributed by atoms with van der Waals surface area (Å²) in [7, 11) is 0. The van der Waals surface area contributed by atoms with Crippen molar-refractivity contribution in [2.75, 3.05) is 13.1 Å². The Morgan fingerprint density at radius 1 is 1.33 bits per heavy atom. The summed E-state index contributed by atoms with van der Waals surface area (Å²) in [6.07, 6.45) is 7.71. The molecule has 0 aromatic carbocycles. The molecule has 1 aromatic heterocycles. The van der Waals surface area contributed by atoms with Crippen molar-refractivity contribution in [2.45, 2.75) is 44.2 Å². The molecule has 6 heteroatoms. The third-order valence-corrected chi connectivity index (χ3v) is 4.67. The van der Waals surface area contributed by atoms with Gasteiger partial charge in [0.05, 0.1) is 17.6 Å². The van der Waals surface area contributed by atoms with E-state index in [4.69, 9.17) is 4.74 Å². The first-order chi connectivity index (χ1) is 10.2. The third kappa shape index (κ3) is 3.67. The molecule has 1 aromatic rings. The second-order valence-electron chi connectivity index (χ2n) is 5.72. The molecule has 2 aliphatic rings. The van der Waals surface area contributed by atoms with Gasteiger partial charge in [0, 0.05) is 12.2 Å². The van der Waals surface area contributed by atoms with Crippen molar-refractivity contribution in [1.29, 1.82) is 0 Å². The molecule has 0 spiro atoms. The zero-order chi connectivity index (χ0) is 14.7. The van der Waals surface area contributed by atoms with Crippen LogP contribution in [0, 0.1) is 0 Å². The Balaban J connectivity index is 1.43. The molecule has 1 saturated carbocycles. The highest BCUT2D eigenvalue weighted by Crippen LogP contribution is 2.24. The predicted molar refractivity (Wildman–Crippen MR) is 83.3 cm³/mol. The number of aromatic nitrogens is 1. The van der Waals surface area contributed by atoms with Crippen LogP contribution < -0.4 is 10.1 Å². The molecule has 114 valence electrons. The summed E-state index contributed by atoms with van der Waals surface area (Å²) in [6, 6.07) is 4.15. The Hall–Kier alpha value is -1.30. The number of nitrogens with one attached hydrogen (secondary N) is 1. The van der Waals surface area contributed by atoms with Gasteiger partial charge in [-0.2, -0.15) is 0 Å². The van der Waals surface area contributed by atoms with Gasteiger partial charge in [-0.05, 0) is 40.9 Å². The first-order valence-corrected chi connectivity index (χ1v) is 8.34. The number of rotatable bonds is 3. The van der Waals surface area contributed by atoms with E-state index in [9.17, 15) is 4.79 Å². The maximum atomic E-state index is 12.1. The van der Waals surface area contributed by atoms with Crippen molar-refractivity contribution in [1.82, 2.24) is 15.2 Å². The Bertz CT molecular complexity index is 499. The number of amides is 2. The van der Waals surface area contributed by atoms with Crippen LogP contribution in [0.2, 0.25) is 0 Å². The first kappa shape index (κ1) is 14.6. The van der Waals surface area contributed by atoms with Crippen molar-refractivity contribution >= 4 is 22.0 Å². The molecule has 5 nitrogen and oxygen atoms in total. The van der Waals surface area contributed by atoms with Gasteiger partial charge in [-0.1, -0.05) is 19.3 Å². The van der Waals surface area contributed by atoms with Crippen molar-refractivity contribution in [3.05, 3.63) is 22.8 Å². The standard InChI is InChI=1S/C15H20BrN3O2/c16-13-7-4-8-17-14(13)21-12-9-19(10-12)15(20)18-11-5-2-1-3-6-11/h4,7-8,11-12H,1-3,5-6,9-10H2,(H,18,20). The molecular formula is C15H20BrN3O2. The van der Waals surface area contributed by atoms with Crippen LogP contribution in [0.5, 0.6) is 5.88 Å². The molecule has 1 aliphatic carbocycles. The van der Waals surface area contributed by atoms with E-state index < -0.39 is 0 Å². The van der Waals surface area contributed by atoms with Gasteiger partial charge < -0.3 is 15.0 Å². The smallest absolute Gasteiger partial charge is 0.317 e. The molecule has 0 bridgehead atoms. The topological polar surface area (TPSA) is 54.5 Å².